The summed E-state index contributed by atoms with van der Waals surface area (Å²) < 4.78 is 69.6. The Kier molecular flexibility index (Phi) is 8.52. The van der Waals surface area contributed by atoms with E-state index in [1.54, 1.807) is 12.1 Å². The topological polar surface area (TPSA) is 90.0 Å². The third-order valence-corrected chi connectivity index (χ3v) is 11.0. The maximum atomic E-state index is 14.5. The summed E-state index contributed by atoms with van der Waals surface area (Å²) in [6.45, 7) is 1.35. The number of benzene rings is 2. The Morgan fingerprint density at radius 1 is 0.946 bits per heavy atom. The first kappa shape index (κ1) is 28.3. The van der Waals surface area contributed by atoms with E-state index in [0.717, 1.165) is 30.0 Å². The molecule has 2 fully saturated rings. The summed E-state index contributed by atoms with van der Waals surface area (Å²) in [5.41, 5.74) is 0.529. The Labute approximate surface area is 224 Å². The number of anilines is 1. The molecule has 1 saturated carbocycles. The lowest BCUT2D eigenvalue weighted by Crippen LogP contribution is -2.55. The molecule has 1 N–H and O–H groups in total. The number of sulfonamides is 2. The van der Waals surface area contributed by atoms with Gasteiger partial charge in [-0.1, -0.05) is 24.4 Å². The highest BCUT2D eigenvalue weighted by Crippen LogP contribution is 2.31. The van der Waals surface area contributed by atoms with Crippen molar-refractivity contribution in [3.05, 3.63) is 53.3 Å². The Hall–Kier alpha value is -1.76. The van der Waals surface area contributed by atoms with Crippen molar-refractivity contribution in [3.8, 4) is 0 Å². The summed E-state index contributed by atoms with van der Waals surface area (Å²) in [6.07, 6.45) is 4.34. The van der Waals surface area contributed by atoms with Crippen molar-refractivity contribution < 1.29 is 21.2 Å². The SMILES string of the molecule is CN(C1CCCC[C@@H]1NS(=O)(=O)c1ccc(S(=O)(=O)N(C)C)cc1)[C@@H]1CCN(c2ccc(Cl)cc2F)C1. The maximum Gasteiger partial charge on any atom is 0.242 e. The maximum absolute atomic E-state index is 14.5. The van der Waals surface area contributed by atoms with Crippen LogP contribution in [0.1, 0.15) is 32.1 Å². The van der Waals surface area contributed by atoms with Gasteiger partial charge in [-0.25, -0.2) is 30.3 Å². The molecule has 37 heavy (non-hydrogen) atoms. The lowest BCUT2D eigenvalue weighted by Gasteiger charge is -2.41. The van der Waals surface area contributed by atoms with Gasteiger partial charge in [-0.05, 0) is 68.8 Å². The highest BCUT2D eigenvalue weighted by Gasteiger charge is 2.37. The van der Waals surface area contributed by atoms with E-state index < -0.39 is 20.0 Å². The highest BCUT2D eigenvalue weighted by molar-refractivity contribution is 7.89. The molecule has 0 radical (unpaired) electrons. The van der Waals surface area contributed by atoms with Gasteiger partial charge in [-0.15, -0.1) is 0 Å². The first-order valence-electron chi connectivity index (χ1n) is 12.4. The fourth-order valence-corrected chi connectivity index (χ4v) is 7.67. The molecule has 204 valence electrons. The molecule has 4 rings (SSSR count). The summed E-state index contributed by atoms with van der Waals surface area (Å²) in [4.78, 5) is 4.32. The summed E-state index contributed by atoms with van der Waals surface area (Å²) in [6, 6.07) is 9.87. The van der Waals surface area contributed by atoms with Crippen LogP contribution in [0.15, 0.2) is 52.3 Å². The van der Waals surface area contributed by atoms with E-state index in [1.807, 2.05) is 11.9 Å². The van der Waals surface area contributed by atoms with Crippen LogP contribution in [0.4, 0.5) is 10.1 Å². The van der Waals surface area contributed by atoms with Gasteiger partial charge in [0.1, 0.15) is 5.82 Å². The summed E-state index contributed by atoms with van der Waals surface area (Å²) in [5.74, 6) is -0.344. The first-order chi connectivity index (χ1) is 17.4. The molecule has 0 spiro atoms. The van der Waals surface area contributed by atoms with Crippen LogP contribution in [0.3, 0.4) is 0 Å². The molecule has 2 aliphatic rings. The molecule has 3 atom stereocenters. The van der Waals surface area contributed by atoms with Crippen molar-refractivity contribution in [2.45, 2.75) is 60.0 Å². The molecule has 2 aromatic rings. The van der Waals surface area contributed by atoms with Crippen LogP contribution < -0.4 is 9.62 Å². The zero-order chi connectivity index (χ0) is 27.0. The summed E-state index contributed by atoms with van der Waals surface area (Å²) in [5, 5.41) is 0.361. The number of nitrogens with zero attached hydrogens (tertiary/aromatic N) is 3. The van der Waals surface area contributed by atoms with Crippen LogP contribution in [-0.4, -0.2) is 78.4 Å². The highest BCUT2D eigenvalue weighted by atomic mass is 35.5. The molecule has 0 bridgehead atoms. The number of likely N-dealkylation sites (N-methyl/N-ethyl adjacent to an activating group) is 1. The molecule has 2 aromatic carbocycles. The van der Waals surface area contributed by atoms with Crippen LogP contribution >= 0.6 is 11.6 Å². The second kappa shape index (κ2) is 11.2. The van der Waals surface area contributed by atoms with Crippen LogP contribution in [0.5, 0.6) is 0 Å². The van der Waals surface area contributed by atoms with Crippen molar-refractivity contribution >= 4 is 37.3 Å². The Balaban J connectivity index is 1.46. The van der Waals surface area contributed by atoms with Crippen LogP contribution in [0.2, 0.25) is 5.02 Å². The fourth-order valence-electron chi connectivity index (χ4n) is 5.31. The van der Waals surface area contributed by atoms with E-state index >= 15 is 0 Å². The third kappa shape index (κ3) is 6.12. The quantitative estimate of drug-likeness (QED) is 0.520. The van der Waals surface area contributed by atoms with E-state index in [0.29, 0.717) is 30.2 Å². The van der Waals surface area contributed by atoms with Gasteiger partial charge in [-0.3, -0.25) is 4.90 Å². The minimum atomic E-state index is -3.85. The number of hydrogen-bond acceptors (Lipinski definition) is 6. The predicted octanol–water partition coefficient (Wildman–Crippen LogP) is 3.53. The molecule has 1 saturated heterocycles. The van der Waals surface area contributed by atoms with Crippen LogP contribution in [0, 0.1) is 5.82 Å². The molecule has 12 heteroatoms. The van der Waals surface area contributed by atoms with Crippen molar-refractivity contribution in [2.75, 3.05) is 39.1 Å². The zero-order valence-electron chi connectivity index (χ0n) is 21.3. The Bertz CT molecular complexity index is 1320. The van der Waals surface area contributed by atoms with E-state index in [1.165, 1.54) is 44.4 Å². The smallest absolute Gasteiger partial charge is 0.242 e. The second-order valence-corrected chi connectivity index (χ2v) is 14.3. The monoisotopic (exact) mass is 572 g/mol. The lowest BCUT2D eigenvalue weighted by atomic mass is 9.89. The van der Waals surface area contributed by atoms with E-state index in [4.69, 9.17) is 11.6 Å². The molecule has 1 heterocycles. The number of nitrogens with one attached hydrogen (secondary N) is 1. The molecule has 1 aliphatic carbocycles. The van der Waals surface area contributed by atoms with Gasteiger partial charge in [0, 0.05) is 50.3 Å². The zero-order valence-corrected chi connectivity index (χ0v) is 23.7. The molecule has 1 unspecified atom stereocenters. The van der Waals surface area contributed by atoms with Crippen LogP contribution in [0.25, 0.3) is 0 Å². The minimum absolute atomic E-state index is 0.00284. The van der Waals surface area contributed by atoms with Crippen molar-refractivity contribution in [3.63, 3.8) is 0 Å². The van der Waals surface area contributed by atoms with Gasteiger partial charge >= 0.3 is 0 Å². The lowest BCUT2D eigenvalue weighted by molar-refractivity contribution is 0.123. The van der Waals surface area contributed by atoms with Gasteiger partial charge in [0.25, 0.3) is 0 Å². The van der Waals surface area contributed by atoms with Gasteiger partial charge in [-0.2, -0.15) is 0 Å². The van der Waals surface area contributed by atoms with E-state index in [2.05, 4.69) is 9.62 Å². The Morgan fingerprint density at radius 3 is 2.24 bits per heavy atom. The minimum Gasteiger partial charge on any atom is -0.368 e. The molecular formula is C25H34ClFN4O4S2. The van der Waals surface area contributed by atoms with Crippen molar-refractivity contribution in [2.24, 2.45) is 0 Å². The fraction of sp³-hybridized carbons (Fsp3) is 0.520. The van der Waals surface area contributed by atoms with E-state index in [9.17, 15) is 21.2 Å². The second-order valence-electron chi connectivity index (χ2n) is 9.99. The van der Waals surface area contributed by atoms with Gasteiger partial charge in [0.2, 0.25) is 20.0 Å². The summed E-state index contributed by atoms with van der Waals surface area (Å²) in [7, 11) is -2.63. The average Bonchev–Trinajstić information content (AvgIpc) is 3.33. The third-order valence-electron chi connectivity index (χ3n) is 7.46. The molecular weight excluding hydrogens is 539 g/mol. The van der Waals surface area contributed by atoms with Crippen LogP contribution in [-0.2, 0) is 20.0 Å². The van der Waals surface area contributed by atoms with Gasteiger partial charge in [0.15, 0.2) is 0 Å². The Morgan fingerprint density at radius 2 is 1.59 bits per heavy atom. The number of hydrogen-bond donors (Lipinski definition) is 1. The first-order valence-corrected chi connectivity index (χ1v) is 15.7. The predicted molar refractivity (Wildman–Crippen MR) is 143 cm³/mol. The average molecular weight is 573 g/mol. The van der Waals surface area contributed by atoms with Crippen molar-refractivity contribution in [1.29, 1.82) is 0 Å². The number of rotatable bonds is 8. The molecule has 1 aliphatic heterocycles. The molecule has 0 amide bonds. The largest absolute Gasteiger partial charge is 0.368 e. The van der Waals surface area contributed by atoms with Gasteiger partial charge in [0.05, 0.1) is 15.5 Å². The van der Waals surface area contributed by atoms with Crippen molar-refractivity contribution in [1.82, 2.24) is 13.9 Å². The molecule has 0 aromatic heterocycles. The van der Waals surface area contributed by atoms with E-state index in [-0.39, 0.29) is 33.7 Å². The molecule has 8 nitrogen and oxygen atoms in total. The number of halogens is 2. The standard InChI is InChI=1S/C25H34ClFN4O4S2/c1-29(2)37(34,35)21-11-9-20(10-12-21)36(32,33)28-23-6-4-5-7-25(23)30(3)19-14-15-31(17-19)24-13-8-18(26)16-22(24)27/h8-13,16,19,23,25,28H,4-7,14-15,17H2,1-3H3/t19-,23+,25?/m1/s1. The summed E-state index contributed by atoms with van der Waals surface area (Å²) >= 11 is 5.91. The normalized spacial score (nSPS) is 23.2. The van der Waals surface area contributed by atoms with Gasteiger partial charge < -0.3 is 4.90 Å².